The summed E-state index contributed by atoms with van der Waals surface area (Å²) in [5.74, 6) is 0. The average molecular weight is 224 g/mol. The summed E-state index contributed by atoms with van der Waals surface area (Å²) >= 11 is -0.893. The van der Waals surface area contributed by atoms with Crippen LogP contribution in [0.25, 0.3) is 0 Å². The molecule has 0 aromatic heterocycles. The molecule has 0 radical (unpaired) electrons. The molecular formula is C10H13AsO. The van der Waals surface area contributed by atoms with Gasteiger partial charge in [-0.25, -0.2) is 0 Å². The molecule has 64 valence electrons. The van der Waals surface area contributed by atoms with Gasteiger partial charge in [-0.1, -0.05) is 0 Å². The van der Waals surface area contributed by atoms with Crippen molar-refractivity contribution >= 4 is 25.3 Å². The molecule has 0 N–H and O–H groups in total. The van der Waals surface area contributed by atoms with Crippen LogP contribution >= 0.6 is 0 Å². The summed E-state index contributed by atoms with van der Waals surface area (Å²) < 4.78 is 1.31. The molecule has 1 aromatic carbocycles. The van der Waals surface area contributed by atoms with Crippen molar-refractivity contribution in [2.45, 2.75) is 17.8 Å². The van der Waals surface area contributed by atoms with Crippen molar-refractivity contribution in [3.63, 3.8) is 0 Å². The third-order valence-corrected chi connectivity index (χ3v) is 6.52. The Labute approximate surface area is 78.1 Å². The third kappa shape index (κ3) is 1.98. The summed E-state index contributed by atoms with van der Waals surface area (Å²) in [7, 11) is 0. The number of rotatable bonds is 3. The van der Waals surface area contributed by atoms with Crippen LogP contribution in [0.15, 0.2) is 24.3 Å². The Morgan fingerprint density at radius 1 is 1.42 bits per heavy atom. The molecule has 12 heavy (non-hydrogen) atoms. The number of carbonyl (C=O) groups excluding carboxylic acids is 1. The normalized spacial score (nSPS) is 12.5. The maximum atomic E-state index is 10.7. The first-order chi connectivity index (χ1) is 5.79. The van der Waals surface area contributed by atoms with Gasteiger partial charge in [0, 0.05) is 0 Å². The third-order valence-electron chi connectivity index (χ3n) is 1.95. The van der Waals surface area contributed by atoms with Crippen molar-refractivity contribution in [2.75, 3.05) is 0 Å². The predicted octanol–water partition coefficient (Wildman–Crippen LogP) is 1.85. The first-order valence-electron chi connectivity index (χ1n) is 4.05. The van der Waals surface area contributed by atoms with E-state index in [1.807, 2.05) is 18.2 Å². The molecule has 0 spiro atoms. The van der Waals surface area contributed by atoms with E-state index >= 15 is 0 Å². The molecule has 0 aliphatic rings. The zero-order chi connectivity index (χ0) is 8.97. The Balaban J connectivity index is 3.04. The average Bonchev–Trinajstić information content (AvgIpc) is 2.16. The van der Waals surface area contributed by atoms with Crippen LogP contribution in [0, 0.1) is 0 Å². The molecule has 0 heterocycles. The number of carbonyl (C=O) groups is 1. The number of hydrogen-bond donors (Lipinski definition) is 0. The molecule has 0 amide bonds. The minimum absolute atomic E-state index is 0.891. The number of hydrogen-bond acceptors (Lipinski definition) is 1. The summed E-state index contributed by atoms with van der Waals surface area (Å²) in [6.07, 6.45) is 0.968. The Bertz CT molecular complexity index is 270. The van der Waals surface area contributed by atoms with Crippen molar-refractivity contribution in [1.29, 1.82) is 0 Å². The fourth-order valence-electron chi connectivity index (χ4n) is 1.11. The Morgan fingerprint density at radius 2 is 2.08 bits per heavy atom. The summed E-state index contributed by atoms with van der Waals surface area (Å²) in [6, 6.07) is 7.94. The zero-order valence-electron chi connectivity index (χ0n) is 7.45. The standard InChI is InChI=1S/C10H13AsO/c1-3-11(2)10-7-5-4-6-9(10)8-12/h4-8H,3H2,1-2H3. The summed E-state index contributed by atoms with van der Waals surface area (Å²) in [5, 5.41) is 1.22. The van der Waals surface area contributed by atoms with Gasteiger partial charge < -0.3 is 0 Å². The quantitative estimate of drug-likeness (QED) is 0.565. The first kappa shape index (κ1) is 9.54. The Morgan fingerprint density at radius 3 is 2.67 bits per heavy atom. The fourth-order valence-corrected chi connectivity index (χ4v) is 3.73. The SMILES string of the molecule is CC[As](C)c1ccccc1C=O. The first-order valence-corrected chi connectivity index (χ1v) is 8.19. The second kappa shape index (κ2) is 4.47. The molecule has 0 saturated carbocycles. The molecule has 0 bridgehead atoms. The van der Waals surface area contributed by atoms with E-state index in [1.165, 1.54) is 9.56 Å². The van der Waals surface area contributed by atoms with Crippen molar-refractivity contribution in [1.82, 2.24) is 0 Å². The molecule has 1 unspecified atom stereocenters. The maximum absolute atomic E-state index is 10.7. The summed E-state index contributed by atoms with van der Waals surface area (Å²) in [5.41, 5.74) is 3.18. The molecule has 0 aliphatic carbocycles. The van der Waals surface area contributed by atoms with Crippen molar-refractivity contribution in [2.24, 2.45) is 0 Å². The van der Waals surface area contributed by atoms with E-state index in [1.54, 1.807) is 0 Å². The van der Waals surface area contributed by atoms with Crippen LogP contribution < -0.4 is 4.35 Å². The van der Waals surface area contributed by atoms with Crippen LogP contribution in [-0.4, -0.2) is 20.9 Å². The van der Waals surface area contributed by atoms with E-state index < -0.39 is 14.7 Å². The second-order valence-electron chi connectivity index (χ2n) is 2.69. The monoisotopic (exact) mass is 224 g/mol. The van der Waals surface area contributed by atoms with Crippen LogP contribution in [0.1, 0.15) is 17.3 Å². The van der Waals surface area contributed by atoms with Gasteiger partial charge in [-0.15, -0.1) is 0 Å². The van der Waals surface area contributed by atoms with Crippen molar-refractivity contribution in [3.05, 3.63) is 29.8 Å². The van der Waals surface area contributed by atoms with E-state index in [4.69, 9.17) is 0 Å². The topological polar surface area (TPSA) is 17.1 Å². The molecule has 1 nitrogen and oxygen atoms in total. The minimum atomic E-state index is -0.893. The fraction of sp³-hybridized carbons (Fsp3) is 0.300. The van der Waals surface area contributed by atoms with Crippen LogP contribution in [0.5, 0.6) is 0 Å². The zero-order valence-corrected chi connectivity index (χ0v) is 9.33. The molecule has 0 saturated heterocycles. The number of benzene rings is 1. The molecule has 0 fully saturated rings. The van der Waals surface area contributed by atoms with Crippen LogP contribution in [0.2, 0.25) is 10.9 Å². The van der Waals surface area contributed by atoms with Gasteiger partial charge in [-0.3, -0.25) is 0 Å². The van der Waals surface area contributed by atoms with Gasteiger partial charge in [-0.2, -0.15) is 0 Å². The Kier molecular flexibility index (Phi) is 3.55. The van der Waals surface area contributed by atoms with E-state index in [0.717, 1.165) is 11.8 Å². The van der Waals surface area contributed by atoms with Gasteiger partial charge in [0.2, 0.25) is 0 Å². The van der Waals surface area contributed by atoms with E-state index in [2.05, 4.69) is 18.7 Å². The summed E-state index contributed by atoms with van der Waals surface area (Å²) in [4.78, 5) is 10.7. The van der Waals surface area contributed by atoms with Crippen molar-refractivity contribution in [3.8, 4) is 0 Å². The number of aldehydes is 1. The molecule has 1 atom stereocenters. The van der Waals surface area contributed by atoms with E-state index in [0.29, 0.717) is 0 Å². The molecule has 0 aliphatic heterocycles. The van der Waals surface area contributed by atoms with E-state index in [9.17, 15) is 4.79 Å². The van der Waals surface area contributed by atoms with E-state index in [-0.39, 0.29) is 0 Å². The Hall–Kier alpha value is -0.552. The van der Waals surface area contributed by atoms with Crippen molar-refractivity contribution < 1.29 is 4.79 Å². The summed E-state index contributed by atoms with van der Waals surface area (Å²) in [6.45, 7) is 2.20. The van der Waals surface area contributed by atoms with Gasteiger partial charge in [0.05, 0.1) is 0 Å². The van der Waals surface area contributed by atoms with Gasteiger partial charge in [-0.05, 0) is 0 Å². The second-order valence-corrected chi connectivity index (χ2v) is 7.96. The van der Waals surface area contributed by atoms with Gasteiger partial charge in [0.1, 0.15) is 0 Å². The molecule has 2 heteroatoms. The van der Waals surface area contributed by atoms with Crippen LogP contribution in [-0.2, 0) is 0 Å². The van der Waals surface area contributed by atoms with Gasteiger partial charge in [0.15, 0.2) is 0 Å². The van der Waals surface area contributed by atoms with Gasteiger partial charge >= 0.3 is 77.8 Å². The molecule has 1 aromatic rings. The predicted molar refractivity (Wildman–Crippen MR) is 53.6 cm³/mol. The van der Waals surface area contributed by atoms with Crippen LogP contribution in [0.3, 0.4) is 0 Å². The van der Waals surface area contributed by atoms with Gasteiger partial charge in [0.25, 0.3) is 0 Å². The van der Waals surface area contributed by atoms with Crippen LogP contribution in [0.4, 0.5) is 0 Å². The molecular weight excluding hydrogens is 211 g/mol. The molecule has 1 rings (SSSR count).